The van der Waals surface area contributed by atoms with E-state index < -0.39 is 5.97 Å². The minimum Gasteiger partial charge on any atom is -0.490 e. The van der Waals surface area contributed by atoms with Crippen LogP contribution in [-0.2, 0) is 4.79 Å². The standard InChI is InChI=1S/C17H24O3/c1-3-16(12(2)17(18)19)13-7-6-10-15(11-13)20-14-8-4-5-9-14/h6-7,10-12,14,16H,3-5,8-9H2,1-2H3,(H,18,19)/t12-,16+/m0/s1. The fraction of sp³-hybridized carbons (Fsp3) is 0.588. The molecule has 1 aliphatic rings. The van der Waals surface area contributed by atoms with Gasteiger partial charge in [-0.2, -0.15) is 0 Å². The molecule has 1 N–H and O–H groups in total. The number of rotatable bonds is 6. The summed E-state index contributed by atoms with van der Waals surface area (Å²) >= 11 is 0. The van der Waals surface area contributed by atoms with Gasteiger partial charge >= 0.3 is 5.97 Å². The molecule has 0 radical (unpaired) electrons. The van der Waals surface area contributed by atoms with Crippen molar-refractivity contribution in [3.63, 3.8) is 0 Å². The van der Waals surface area contributed by atoms with Gasteiger partial charge in [0.15, 0.2) is 0 Å². The normalized spacial score (nSPS) is 18.7. The lowest BCUT2D eigenvalue weighted by Crippen LogP contribution is -2.18. The fourth-order valence-electron chi connectivity index (χ4n) is 3.07. The molecule has 0 saturated heterocycles. The average Bonchev–Trinajstić information content (AvgIpc) is 2.92. The molecule has 2 rings (SSSR count). The molecule has 2 atom stereocenters. The van der Waals surface area contributed by atoms with Gasteiger partial charge in [0.2, 0.25) is 0 Å². The predicted octanol–water partition coefficient (Wildman–Crippen LogP) is 4.22. The zero-order chi connectivity index (χ0) is 14.5. The van der Waals surface area contributed by atoms with Crippen molar-refractivity contribution in [3.8, 4) is 5.75 Å². The molecular formula is C17H24O3. The lowest BCUT2D eigenvalue weighted by atomic mass is 9.85. The maximum Gasteiger partial charge on any atom is 0.306 e. The van der Waals surface area contributed by atoms with Crippen molar-refractivity contribution in [2.75, 3.05) is 0 Å². The molecule has 0 aromatic heterocycles. The molecule has 3 heteroatoms. The van der Waals surface area contributed by atoms with Gasteiger partial charge in [0, 0.05) is 0 Å². The number of aliphatic carboxylic acids is 1. The van der Waals surface area contributed by atoms with E-state index in [1.807, 2.05) is 31.2 Å². The highest BCUT2D eigenvalue weighted by atomic mass is 16.5. The van der Waals surface area contributed by atoms with Crippen LogP contribution in [-0.4, -0.2) is 17.2 Å². The zero-order valence-electron chi connectivity index (χ0n) is 12.3. The van der Waals surface area contributed by atoms with Crippen LogP contribution in [0, 0.1) is 5.92 Å². The van der Waals surface area contributed by atoms with Crippen molar-refractivity contribution in [3.05, 3.63) is 29.8 Å². The maximum absolute atomic E-state index is 11.2. The van der Waals surface area contributed by atoms with Crippen molar-refractivity contribution in [1.82, 2.24) is 0 Å². The molecule has 0 bridgehead atoms. The zero-order valence-corrected chi connectivity index (χ0v) is 12.3. The number of hydrogen-bond acceptors (Lipinski definition) is 2. The fourth-order valence-corrected chi connectivity index (χ4v) is 3.07. The molecule has 0 unspecified atom stereocenters. The van der Waals surface area contributed by atoms with Crippen molar-refractivity contribution >= 4 is 5.97 Å². The first-order chi connectivity index (χ1) is 9.61. The van der Waals surface area contributed by atoms with Crippen LogP contribution >= 0.6 is 0 Å². The highest BCUT2D eigenvalue weighted by Crippen LogP contribution is 2.31. The number of benzene rings is 1. The van der Waals surface area contributed by atoms with Gasteiger partial charge in [-0.1, -0.05) is 26.0 Å². The van der Waals surface area contributed by atoms with Gasteiger partial charge in [0.05, 0.1) is 12.0 Å². The summed E-state index contributed by atoms with van der Waals surface area (Å²) in [4.78, 5) is 11.2. The Labute approximate surface area is 121 Å². The van der Waals surface area contributed by atoms with Crippen molar-refractivity contribution in [2.45, 2.75) is 58.0 Å². The Bertz CT molecular complexity index is 449. The van der Waals surface area contributed by atoms with Crippen molar-refractivity contribution < 1.29 is 14.6 Å². The molecule has 0 aliphatic heterocycles. The highest BCUT2D eigenvalue weighted by Gasteiger charge is 2.24. The first-order valence-electron chi connectivity index (χ1n) is 7.61. The number of carboxylic acids is 1. The molecule has 20 heavy (non-hydrogen) atoms. The van der Waals surface area contributed by atoms with Gasteiger partial charge in [-0.25, -0.2) is 0 Å². The predicted molar refractivity (Wildman–Crippen MR) is 79.2 cm³/mol. The summed E-state index contributed by atoms with van der Waals surface area (Å²) in [6.45, 7) is 3.82. The van der Waals surface area contributed by atoms with Crippen molar-refractivity contribution in [1.29, 1.82) is 0 Å². The van der Waals surface area contributed by atoms with Gasteiger partial charge in [-0.15, -0.1) is 0 Å². The molecule has 1 fully saturated rings. The van der Waals surface area contributed by atoms with Gasteiger partial charge in [0.25, 0.3) is 0 Å². The van der Waals surface area contributed by atoms with E-state index >= 15 is 0 Å². The Balaban J connectivity index is 2.12. The van der Waals surface area contributed by atoms with E-state index in [-0.39, 0.29) is 11.8 Å². The summed E-state index contributed by atoms with van der Waals surface area (Å²) in [7, 11) is 0. The quantitative estimate of drug-likeness (QED) is 0.846. The van der Waals surface area contributed by atoms with E-state index in [9.17, 15) is 9.90 Å². The Morgan fingerprint density at radius 1 is 1.40 bits per heavy atom. The number of carbonyl (C=O) groups is 1. The second-order valence-corrected chi connectivity index (χ2v) is 5.74. The summed E-state index contributed by atoms with van der Waals surface area (Å²) in [5, 5.41) is 9.21. The topological polar surface area (TPSA) is 46.5 Å². The van der Waals surface area contributed by atoms with E-state index in [1.54, 1.807) is 6.92 Å². The lowest BCUT2D eigenvalue weighted by Gasteiger charge is -2.21. The third-order valence-electron chi connectivity index (χ3n) is 4.32. The minimum absolute atomic E-state index is 0.0413. The molecule has 0 spiro atoms. The summed E-state index contributed by atoms with van der Waals surface area (Å²) in [6, 6.07) is 7.97. The molecule has 1 aliphatic carbocycles. The van der Waals surface area contributed by atoms with Crippen LogP contribution in [0.25, 0.3) is 0 Å². The molecule has 3 nitrogen and oxygen atoms in total. The second-order valence-electron chi connectivity index (χ2n) is 5.74. The first kappa shape index (κ1) is 14.9. The Hall–Kier alpha value is -1.51. The van der Waals surface area contributed by atoms with Crippen LogP contribution in [0.5, 0.6) is 5.75 Å². The number of hydrogen-bond donors (Lipinski definition) is 1. The van der Waals surface area contributed by atoms with E-state index in [0.717, 1.165) is 30.6 Å². The molecule has 1 aromatic carbocycles. The van der Waals surface area contributed by atoms with Crippen LogP contribution in [0.2, 0.25) is 0 Å². The van der Waals surface area contributed by atoms with E-state index in [4.69, 9.17) is 4.74 Å². The average molecular weight is 276 g/mol. The Kier molecular flexibility index (Phi) is 5.05. The number of ether oxygens (including phenoxy) is 1. The highest BCUT2D eigenvalue weighted by molar-refractivity contribution is 5.71. The van der Waals surface area contributed by atoms with Gasteiger partial charge < -0.3 is 9.84 Å². The Morgan fingerprint density at radius 3 is 2.70 bits per heavy atom. The van der Waals surface area contributed by atoms with Crippen LogP contribution in [0.1, 0.15) is 57.4 Å². The third-order valence-corrected chi connectivity index (χ3v) is 4.32. The summed E-state index contributed by atoms with van der Waals surface area (Å²) in [6.07, 6.45) is 5.92. The van der Waals surface area contributed by atoms with Crippen LogP contribution < -0.4 is 4.74 Å². The van der Waals surface area contributed by atoms with E-state index in [2.05, 4.69) is 0 Å². The smallest absolute Gasteiger partial charge is 0.306 e. The van der Waals surface area contributed by atoms with Crippen LogP contribution in [0.4, 0.5) is 0 Å². The second kappa shape index (κ2) is 6.78. The molecular weight excluding hydrogens is 252 g/mol. The maximum atomic E-state index is 11.2. The van der Waals surface area contributed by atoms with Crippen molar-refractivity contribution in [2.24, 2.45) is 5.92 Å². The molecule has 110 valence electrons. The van der Waals surface area contributed by atoms with E-state index in [0.29, 0.717) is 6.10 Å². The SMILES string of the molecule is CC[C@@H](c1cccc(OC2CCCC2)c1)[C@H](C)C(=O)O. The molecule has 0 amide bonds. The Morgan fingerprint density at radius 2 is 2.10 bits per heavy atom. The van der Waals surface area contributed by atoms with Crippen LogP contribution in [0.3, 0.4) is 0 Å². The van der Waals surface area contributed by atoms with Gasteiger partial charge in [0.1, 0.15) is 5.75 Å². The third kappa shape index (κ3) is 3.53. The van der Waals surface area contributed by atoms with Gasteiger partial charge in [-0.3, -0.25) is 4.79 Å². The van der Waals surface area contributed by atoms with Crippen LogP contribution in [0.15, 0.2) is 24.3 Å². The monoisotopic (exact) mass is 276 g/mol. The largest absolute Gasteiger partial charge is 0.490 e. The number of carboxylic acid groups (broad SMARTS) is 1. The summed E-state index contributed by atoms with van der Waals surface area (Å²) in [5.41, 5.74) is 1.07. The summed E-state index contributed by atoms with van der Waals surface area (Å²) in [5.74, 6) is -0.189. The lowest BCUT2D eigenvalue weighted by molar-refractivity contribution is -0.141. The molecule has 1 saturated carbocycles. The first-order valence-corrected chi connectivity index (χ1v) is 7.61. The van der Waals surface area contributed by atoms with E-state index in [1.165, 1.54) is 12.8 Å². The summed E-state index contributed by atoms with van der Waals surface area (Å²) < 4.78 is 6.00. The molecule has 1 aromatic rings. The minimum atomic E-state index is -0.737. The molecule has 0 heterocycles. The van der Waals surface area contributed by atoms with Gasteiger partial charge in [-0.05, 0) is 55.7 Å².